The number of hydrogen-bond donors (Lipinski definition) is 2. The van der Waals surface area contributed by atoms with Crippen molar-refractivity contribution in [1.82, 2.24) is 10.6 Å². The minimum absolute atomic E-state index is 0.106. The Morgan fingerprint density at radius 2 is 1.67 bits per heavy atom. The van der Waals surface area contributed by atoms with Crippen molar-refractivity contribution >= 4 is 23.9 Å². The summed E-state index contributed by atoms with van der Waals surface area (Å²) in [7, 11) is 1.43. The van der Waals surface area contributed by atoms with Gasteiger partial charge in [0, 0.05) is 0 Å². The van der Waals surface area contributed by atoms with E-state index in [-0.39, 0.29) is 11.3 Å². The van der Waals surface area contributed by atoms with Gasteiger partial charge in [0.1, 0.15) is 11.4 Å². The predicted octanol–water partition coefficient (Wildman–Crippen LogP) is 0.721. The third-order valence-electron chi connectivity index (χ3n) is 3.66. The molecule has 0 aliphatic rings. The van der Waals surface area contributed by atoms with Gasteiger partial charge in [-0.1, -0.05) is 42.5 Å². The Hall–Kier alpha value is -3.61. The highest BCUT2D eigenvalue weighted by atomic mass is 16.5. The molecule has 0 bridgehead atoms. The summed E-state index contributed by atoms with van der Waals surface area (Å²) in [4.78, 5) is 36.0. The van der Waals surface area contributed by atoms with E-state index in [0.29, 0.717) is 11.3 Å². The van der Waals surface area contributed by atoms with E-state index in [9.17, 15) is 19.5 Å². The summed E-state index contributed by atoms with van der Waals surface area (Å²) in [6.07, 6.45) is 1.45. The van der Waals surface area contributed by atoms with Crippen molar-refractivity contribution in [2.45, 2.75) is 13.0 Å². The van der Waals surface area contributed by atoms with Crippen LogP contribution in [0.25, 0.3) is 6.08 Å². The van der Waals surface area contributed by atoms with E-state index in [0.717, 1.165) is 0 Å². The standard InChI is InChI=1S/C20H20N2O5/c1-13(20(25)26)21-19(24)16(12-14-8-4-3-5-9-14)22-18(23)15-10-6-7-11-17(15)27-2/h3-13H,1-2H3,(H,21,24)(H,22,23)(H,25,26)/p-1/b16-12-/t13-/m0/s1. The Morgan fingerprint density at radius 1 is 1.04 bits per heavy atom. The molecular weight excluding hydrogens is 348 g/mol. The fourth-order valence-electron chi connectivity index (χ4n) is 2.23. The molecule has 0 aromatic heterocycles. The summed E-state index contributed by atoms with van der Waals surface area (Å²) < 4.78 is 5.16. The number of amides is 2. The number of carboxylic acids is 1. The molecule has 0 saturated carbocycles. The first-order chi connectivity index (χ1) is 12.9. The number of ether oxygens (including phenoxy) is 1. The van der Waals surface area contributed by atoms with E-state index in [1.54, 1.807) is 48.5 Å². The Balaban J connectivity index is 2.32. The Morgan fingerprint density at radius 3 is 2.30 bits per heavy atom. The predicted molar refractivity (Wildman–Crippen MR) is 97.5 cm³/mol. The van der Waals surface area contributed by atoms with Crippen molar-refractivity contribution in [1.29, 1.82) is 0 Å². The van der Waals surface area contributed by atoms with Gasteiger partial charge in [-0.2, -0.15) is 0 Å². The second kappa shape index (κ2) is 9.19. The van der Waals surface area contributed by atoms with Crippen LogP contribution in [0.5, 0.6) is 5.75 Å². The van der Waals surface area contributed by atoms with Crippen LogP contribution in [0.3, 0.4) is 0 Å². The molecule has 0 saturated heterocycles. The van der Waals surface area contributed by atoms with Crippen LogP contribution in [0.4, 0.5) is 0 Å². The number of rotatable bonds is 7. The highest BCUT2D eigenvalue weighted by Gasteiger charge is 2.18. The van der Waals surface area contributed by atoms with Gasteiger partial charge < -0.3 is 25.3 Å². The fourth-order valence-corrected chi connectivity index (χ4v) is 2.23. The molecule has 0 radical (unpaired) electrons. The van der Waals surface area contributed by atoms with E-state index in [1.165, 1.54) is 20.1 Å². The number of carboxylic acid groups (broad SMARTS) is 1. The first-order valence-corrected chi connectivity index (χ1v) is 8.15. The van der Waals surface area contributed by atoms with Crippen molar-refractivity contribution in [3.8, 4) is 5.75 Å². The zero-order chi connectivity index (χ0) is 19.8. The molecule has 0 aliphatic heterocycles. The molecule has 2 amide bonds. The molecule has 7 nitrogen and oxygen atoms in total. The molecule has 0 heterocycles. The normalized spacial score (nSPS) is 12.0. The number of methoxy groups -OCH3 is 1. The summed E-state index contributed by atoms with van der Waals surface area (Å²) in [5.41, 5.74) is 0.786. The second-order valence-electron chi connectivity index (χ2n) is 5.64. The molecule has 140 valence electrons. The maximum absolute atomic E-state index is 12.6. The highest BCUT2D eigenvalue weighted by Crippen LogP contribution is 2.17. The summed E-state index contributed by atoms with van der Waals surface area (Å²) in [6.45, 7) is 1.27. The Kier molecular flexibility index (Phi) is 6.71. The highest BCUT2D eigenvalue weighted by molar-refractivity contribution is 6.06. The third-order valence-corrected chi connectivity index (χ3v) is 3.66. The number of para-hydroxylation sites is 1. The molecule has 2 rings (SSSR count). The lowest BCUT2D eigenvalue weighted by molar-refractivity contribution is -0.307. The van der Waals surface area contributed by atoms with Crippen molar-refractivity contribution in [3.63, 3.8) is 0 Å². The average molecular weight is 367 g/mol. The molecule has 2 aromatic carbocycles. The lowest BCUT2D eigenvalue weighted by Gasteiger charge is -2.17. The number of aliphatic carboxylic acids is 1. The van der Waals surface area contributed by atoms with Crippen LogP contribution in [0.15, 0.2) is 60.3 Å². The van der Waals surface area contributed by atoms with Crippen molar-refractivity contribution < 1.29 is 24.2 Å². The average Bonchev–Trinajstić information content (AvgIpc) is 2.67. The fraction of sp³-hybridized carbons (Fsp3) is 0.150. The zero-order valence-corrected chi connectivity index (χ0v) is 14.9. The van der Waals surface area contributed by atoms with Crippen molar-refractivity contribution in [2.75, 3.05) is 7.11 Å². The molecule has 0 fully saturated rings. The number of carbonyl (C=O) groups excluding carboxylic acids is 3. The van der Waals surface area contributed by atoms with E-state index < -0.39 is 23.8 Å². The van der Waals surface area contributed by atoms with E-state index in [1.807, 2.05) is 6.07 Å². The minimum Gasteiger partial charge on any atom is -0.548 e. The first-order valence-electron chi connectivity index (χ1n) is 8.15. The van der Waals surface area contributed by atoms with Gasteiger partial charge in [-0.15, -0.1) is 0 Å². The number of hydrogen-bond acceptors (Lipinski definition) is 5. The molecule has 0 spiro atoms. The topological polar surface area (TPSA) is 108 Å². The van der Waals surface area contributed by atoms with E-state index in [4.69, 9.17) is 4.74 Å². The molecule has 2 N–H and O–H groups in total. The summed E-state index contributed by atoms with van der Waals surface area (Å²) in [5.74, 6) is -2.40. The quantitative estimate of drug-likeness (QED) is 0.701. The Bertz CT molecular complexity index is 862. The second-order valence-corrected chi connectivity index (χ2v) is 5.64. The van der Waals surface area contributed by atoms with Crippen LogP contribution in [-0.4, -0.2) is 30.9 Å². The SMILES string of the molecule is COc1ccccc1C(=O)N/C(=C\c1ccccc1)C(=O)N[C@@H](C)C(=O)[O-]. The zero-order valence-electron chi connectivity index (χ0n) is 14.9. The third kappa shape index (κ3) is 5.43. The number of benzene rings is 2. The molecule has 27 heavy (non-hydrogen) atoms. The number of carbonyl (C=O) groups is 3. The molecule has 1 atom stereocenters. The van der Waals surface area contributed by atoms with Crippen molar-refractivity contribution in [2.24, 2.45) is 0 Å². The molecule has 2 aromatic rings. The van der Waals surface area contributed by atoms with Gasteiger partial charge >= 0.3 is 0 Å². The van der Waals surface area contributed by atoms with Crippen LogP contribution in [-0.2, 0) is 9.59 Å². The van der Waals surface area contributed by atoms with Gasteiger partial charge in [0.05, 0.1) is 24.7 Å². The smallest absolute Gasteiger partial charge is 0.268 e. The molecule has 7 heteroatoms. The minimum atomic E-state index is -1.43. The maximum Gasteiger partial charge on any atom is 0.268 e. The lowest BCUT2D eigenvalue weighted by atomic mass is 10.1. The van der Waals surface area contributed by atoms with Gasteiger partial charge in [0.15, 0.2) is 0 Å². The molecule has 0 unspecified atom stereocenters. The molecular formula is C20H19N2O5-. The monoisotopic (exact) mass is 367 g/mol. The van der Waals surface area contributed by atoms with Gasteiger partial charge in [-0.25, -0.2) is 0 Å². The largest absolute Gasteiger partial charge is 0.548 e. The van der Waals surface area contributed by atoms with Gasteiger partial charge in [-0.3, -0.25) is 9.59 Å². The maximum atomic E-state index is 12.6. The summed E-state index contributed by atoms with van der Waals surface area (Å²) in [5, 5.41) is 15.7. The van der Waals surface area contributed by atoms with Gasteiger partial charge in [-0.05, 0) is 30.7 Å². The molecule has 0 aliphatic carbocycles. The van der Waals surface area contributed by atoms with Gasteiger partial charge in [0.25, 0.3) is 11.8 Å². The van der Waals surface area contributed by atoms with Crippen LogP contribution >= 0.6 is 0 Å². The van der Waals surface area contributed by atoms with Gasteiger partial charge in [0.2, 0.25) is 0 Å². The number of nitrogens with one attached hydrogen (secondary N) is 2. The van der Waals surface area contributed by atoms with E-state index >= 15 is 0 Å². The van der Waals surface area contributed by atoms with Crippen LogP contribution in [0, 0.1) is 0 Å². The van der Waals surface area contributed by atoms with Crippen molar-refractivity contribution in [3.05, 3.63) is 71.4 Å². The first kappa shape index (κ1) is 19.7. The summed E-state index contributed by atoms with van der Waals surface area (Å²) in [6, 6.07) is 14.2. The lowest BCUT2D eigenvalue weighted by Crippen LogP contribution is -2.48. The van der Waals surface area contributed by atoms with Crippen LogP contribution in [0.2, 0.25) is 0 Å². The van der Waals surface area contributed by atoms with E-state index in [2.05, 4.69) is 10.6 Å². The van der Waals surface area contributed by atoms with Crippen LogP contribution in [0.1, 0.15) is 22.8 Å². The summed E-state index contributed by atoms with van der Waals surface area (Å²) >= 11 is 0. The Labute approximate surface area is 156 Å². The van der Waals surface area contributed by atoms with Crippen LogP contribution < -0.4 is 20.5 Å².